The number of aromatic nitrogens is 2. The highest BCUT2D eigenvalue weighted by atomic mass is 35.5. The number of pyridine rings is 1. The molecule has 0 N–H and O–H groups in total. The standard InChI is InChI=1S/C22H15FN2O.ClH/c1-25-19-12-11-14(23)13-17(19)22(26-15-7-3-2-4-8-15)20-21(25)16-9-5-6-10-18(16)24-20;/h2-13H,1H3;1H. The maximum absolute atomic E-state index is 14.0. The first kappa shape index (κ1) is 17.3. The number of nitrogens with zero attached hydrogens (tertiary/aromatic N) is 2. The minimum Gasteiger partial charge on any atom is -0.454 e. The largest absolute Gasteiger partial charge is 0.454 e. The van der Waals surface area contributed by atoms with E-state index in [0.717, 1.165) is 27.8 Å². The van der Waals surface area contributed by atoms with Gasteiger partial charge in [-0.15, -0.1) is 12.4 Å². The van der Waals surface area contributed by atoms with Crippen molar-refractivity contribution in [1.29, 1.82) is 0 Å². The van der Waals surface area contributed by atoms with E-state index in [4.69, 9.17) is 9.72 Å². The second-order valence-corrected chi connectivity index (χ2v) is 6.29. The van der Waals surface area contributed by atoms with Crippen molar-refractivity contribution >= 4 is 34.2 Å². The van der Waals surface area contributed by atoms with E-state index in [0.29, 0.717) is 16.9 Å². The molecule has 5 heteroatoms. The van der Waals surface area contributed by atoms with Crippen molar-refractivity contribution in [2.75, 3.05) is 0 Å². The Morgan fingerprint density at radius 2 is 1.63 bits per heavy atom. The van der Waals surface area contributed by atoms with Gasteiger partial charge in [-0.1, -0.05) is 36.4 Å². The molecule has 0 aromatic heterocycles. The number of benzene rings is 3. The number of fused-ring (bicyclic) bond motifs is 4. The normalized spacial score (nSPS) is 11.0. The van der Waals surface area contributed by atoms with Gasteiger partial charge in [-0.3, -0.25) is 0 Å². The van der Waals surface area contributed by atoms with Crippen LogP contribution in [0, 0.1) is 5.82 Å². The average molecular weight is 379 g/mol. The van der Waals surface area contributed by atoms with E-state index < -0.39 is 0 Å². The number of aryl methyl sites for hydroxylation is 1. The van der Waals surface area contributed by atoms with Gasteiger partial charge < -0.3 is 9.30 Å². The van der Waals surface area contributed by atoms with Gasteiger partial charge in [0, 0.05) is 17.8 Å². The zero-order valence-electron chi connectivity index (χ0n) is 14.5. The molecular weight excluding hydrogens is 363 g/mol. The summed E-state index contributed by atoms with van der Waals surface area (Å²) in [6, 6.07) is 22.3. The van der Waals surface area contributed by atoms with Gasteiger partial charge in [-0.25, -0.2) is 9.37 Å². The quantitative estimate of drug-likeness (QED) is 0.366. The van der Waals surface area contributed by atoms with Crippen LogP contribution in [-0.2, 0) is 7.05 Å². The molecular formula is C22H16ClFN2O. The highest BCUT2D eigenvalue weighted by molar-refractivity contribution is 6.04. The second-order valence-electron chi connectivity index (χ2n) is 6.29. The Labute approximate surface area is 161 Å². The van der Waals surface area contributed by atoms with E-state index >= 15 is 0 Å². The maximum atomic E-state index is 14.0. The summed E-state index contributed by atoms with van der Waals surface area (Å²) in [7, 11) is 1.98. The molecule has 134 valence electrons. The average Bonchev–Trinajstić information content (AvgIpc) is 3.05. The molecule has 2 aliphatic heterocycles. The van der Waals surface area contributed by atoms with E-state index in [2.05, 4.69) is 4.57 Å². The highest BCUT2D eigenvalue weighted by Gasteiger charge is 2.24. The van der Waals surface area contributed by atoms with Crippen molar-refractivity contribution in [3.63, 3.8) is 0 Å². The third-order valence-corrected chi connectivity index (χ3v) is 4.69. The predicted octanol–water partition coefficient (Wildman–Crippen LogP) is 6.18. The smallest absolute Gasteiger partial charge is 0.164 e. The molecule has 3 aromatic rings. The molecule has 0 fully saturated rings. The number of halogens is 2. The van der Waals surface area contributed by atoms with Gasteiger partial charge in [0.15, 0.2) is 5.75 Å². The summed E-state index contributed by atoms with van der Waals surface area (Å²) < 4.78 is 22.3. The van der Waals surface area contributed by atoms with E-state index in [1.54, 1.807) is 6.07 Å². The first-order valence-electron chi connectivity index (χ1n) is 8.41. The van der Waals surface area contributed by atoms with Crippen LogP contribution in [0.4, 0.5) is 4.39 Å². The summed E-state index contributed by atoms with van der Waals surface area (Å²) in [4.78, 5) is 4.78. The minimum absolute atomic E-state index is 0. The Balaban J connectivity index is 0.00000180. The summed E-state index contributed by atoms with van der Waals surface area (Å²) in [6.07, 6.45) is 0. The lowest BCUT2D eigenvalue weighted by Crippen LogP contribution is -2.02. The zero-order valence-corrected chi connectivity index (χ0v) is 15.3. The first-order chi connectivity index (χ1) is 12.7. The van der Waals surface area contributed by atoms with Gasteiger partial charge in [-0.2, -0.15) is 0 Å². The lowest BCUT2D eigenvalue weighted by atomic mass is 10.1. The van der Waals surface area contributed by atoms with Crippen LogP contribution in [0.5, 0.6) is 11.5 Å². The second kappa shape index (κ2) is 6.56. The fourth-order valence-electron chi connectivity index (χ4n) is 3.51. The first-order valence-corrected chi connectivity index (χ1v) is 8.41. The monoisotopic (exact) mass is 378 g/mol. The van der Waals surface area contributed by atoms with Crippen LogP contribution in [0.2, 0.25) is 0 Å². The van der Waals surface area contributed by atoms with Crippen LogP contribution in [0.3, 0.4) is 0 Å². The number of rotatable bonds is 2. The number of para-hydroxylation sites is 2. The number of ether oxygens (including phenoxy) is 1. The van der Waals surface area contributed by atoms with Gasteiger partial charge in [0.1, 0.15) is 17.3 Å². The van der Waals surface area contributed by atoms with E-state index in [-0.39, 0.29) is 18.2 Å². The molecule has 0 bridgehead atoms. The zero-order chi connectivity index (χ0) is 17.7. The van der Waals surface area contributed by atoms with Crippen LogP contribution in [0.1, 0.15) is 0 Å². The highest BCUT2D eigenvalue weighted by Crippen LogP contribution is 2.44. The van der Waals surface area contributed by atoms with Gasteiger partial charge in [0.25, 0.3) is 0 Å². The third kappa shape index (κ3) is 2.69. The minimum atomic E-state index is -0.300. The lowest BCUT2D eigenvalue weighted by molar-refractivity contribution is 0.487. The molecule has 3 aromatic carbocycles. The molecule has 0 aliphatic carbocycles. The number of hydrogen-bond acceptors (Lipinski definition) is 2. The van der Waals surface area contributed by atoms with E-state index in [1.807, 2.05) is 61.6 Å². The summed E-state index contributed by atoms with van der Waals surface area (Å²) in [5, 5.41) is 1.75. The summed E-state index contributed by atoms with van der Waals surface area (Å²) in [6.45, 7) is 0. The molecule has 0 unspecified atom stereocenters. The molecule has 0 atom stereocenters. The molecule has 0 spiro atoms. The molecule has 2 aliphatic rings. The van der Waals surface area contributed by atoms with Crippen LogP contribution in [-0.4, -0.2) is 9.55 Å². The summed E-state index contributed by atoms with van der Waals surface area (Å²) >= 11 is 0. The van der Waals surface area contributed by atoms with Gasteiger partial charge in [0.05, 0.1) is 16.7 Å². The van der Waals surface area contributed by atoms with Crippen molar-refractivity contribution in [3.05, 3.63) is 78.6 Å². The van der Waals surface area contributed by atoms with Crippen LogP contribution in [0.25, 0.3) is 33.2 Å². The van der Waals surface area contributed by atoms with Gasteiger partial charge >= 0.3 is 0 Å². The Kier molecular flexibility index (Phi) is 4.21. The van der Waals surface area contributed by atoms with Crippen molar-refractivity contribution in [1.82, 2.24) is 9.55 Å². The Morgan fingerprint density at radius 1 is 0.889 bits per heavy atom. The van der Waals surface area contributed by atoms with Crippen molar-refractivity contribution in [2.45, 2.75) is 0 Å². The molecule has 0 radical (unpaired) electrons. The van der Waals surface area contributed by atoms with Gasteiger partial charge in [-0.05, 0) is 36.4 Å². The molecule has 27 heavy (non-hydrogen) atoms. The van der Waals surface area contributed by atoms with Crippen molar-refractivity contribution in [3.8, 4) is 22.9 Å². The van der Waals surface area contributed by atoms with E-state index in [1.165, 1.54) is 12.1 Å². The summed E-state index contributed by atoms with van der Waals surface area (Å²) in [5.74, 6) is 0.973. The molecule has 0 saturated heterocycles. The van der Waals surface area contributed by atoms with Crippen molar-refractivity contribution < 1.29 is 9.13 Å². The molecule has 2 heterocycles. The number of hydrogen-bond donors (Lipinski definition) is 0. The topological polar surface area (TPSA) is 27.1 Å². The fraction of sp³-hybridized carbons (Fsp3) is 0.0455. The maximum Gasteiger partial charge on any atom is 0.164 e. The third-order valence-electron chi connectivity index (χ3n) is 4.69. The Bertz CT molecular complexity index is 1230. The van der Waals surface area contributed by atoms with Crippen LogP contribution >= 0.6 is 12.4 Å². The Hall–Kier alpha value is -3.11. The SMILES string of the molecule is Cl.Cn1c2c3ccccc3nc-2c(Oc2ccccc2)c2cc(F)ccc21. The molecule has 3 nitrogen and oxygen atoms in total. The summed E-state index contributed by atoms with van der Waals surface area (Å²) in [5.41, 5.74) is 3.50. The molecule has 0 amide bonds. The molecule has 0 saturated carbocycles. The van der Waals surface area contributed by atoms with Crippen molar-refractivity contribution in [2.24, 2.45) is 7.05 Å². The van der Waals surface area contributed by atoms with E-state index in [9.17, 15) is 4.39 Å². The van der Waals surface area contributed by atoms with Gasteiger partial charge in [0.2, 0.25) is 0 Å². The van der Waals surface area contributed by atoms with Crippen LogP contribution < -0.4 is 4.74 Å². The predicted molar refractivity (Wildman–Crippen MR) is 109 cm³/mol. The lowest BCUT2D eigenvalue weighted by Gasteiger charge is -2.18. The fourth-order valence-corrected chi connectivity index (χ4v) is 3.51. The molecule has 5 rings (SSSR count). The van der Waals surface area contributed by atoms with Crippen LogP contribution in [0.15, 0.2) is 72.8 Å². The Morgan fingerprint density at radius 3 is 2.44 bits per heavy atom.